The van der Waals surface area contributed by atoms with Gasteiger partial charge in [-0.2, -0.15) is 0 Å². The Labute approximate surface area is 174 Å². The summed E-state index contributed by atoms with van der Waals surface area (Å²) in [6, 6.07) is 11.0. The highest BCUT2D eigenvalue weighted by Crippen LogP contribution is 2.20. The first-order chi connectivity index (χ1) is 14.2. The first-order valence-electron chi connectivity index (χ1n) is 10.9. The molecule has 0 spiro atoms. The average Bonchev–Trinajstić information content (AvgIpc) is 2.75. The molecular weight excluding hydrogens is 362 g/mol. The molecule has 1 aromatic heterocycles. The van der Waals surface area contributed by atoms with Crippen molar-refractivity contribution >= 4 is 0 Å². The number of hydrogen-bond acceptors (Lipinski definition) is 6. The Morgan fingerprint density at radius 1 is 0.931 bits per heavy atom. The van der Waals surface area contributed by atoms with Gasteiger partial charge in [-0.3, -0.25) is 9.80 Å². The Balaban J connectivity index is 1.21. The Hall–Kier alpha value is -1.86. The van der Waals surface area contributed by atoms with Crippen LogP contribution in [0.15, 0.2) is 42.7 Å². The number of β-amino-alcohol motifs (C(OH)–C–C–N with tert-alkyl or cyclic N) is 1. The van der Waals surface area contributed by atoms with Crippen molar-refractivity contribution in [2.45, 2.75) is 38.5 Å². The lowest BCUT2D eigenvalue weighted by atomic mass is 9.98. The van der Waals surface area contributed by atoms with Crippen molar-refractivity contribution in [2.24, 2.45) is 0 Å². The third-order valence-corrected chi connectivity index (χ3v) is 6.31. The second-order valence-corrected chi connectivity index (χ2v) is 8.41. The molecule has 2 aliphatic heterocycles. The van der Waals surface area contributed by atoms with E-state index in [4.69, 9.17) is 0 Å². The van der Waals surface area contributed by atoms with E-state index in [9.17, 15) is 5.11 Å². The third kappa shape index (κ3) is 5.60. The van der Waals surface area contributed by atoms with Crippen LogP contribution < -0.4 is 0 Å². The summed E-state index contributed by atoms with van der Waals surface area (Å²) in [7, 11) is 0. The van der Waals surface area contributed by atoms with Crippen molar-refractivity contribution in [3.63, 3.8) is 0 Å². The second kappa shape index (κ2) is 9.76. The molecule has 1 aromatic carbocycles. The molecule has 2 fully saturated rings. The summed E-state index contributed by atoms with van der Waals surface area (Å²) >= 11 is 0. The Morgan fingerprint density at radius 3 is 2.34 bits per heavy atom. The molecule has 0 bridgehead atoms. The van der Waals surface area contributed by atoms with Crippen LogP contribution in [0, 0.1) is 6.92 Å². The zero-order valence-electron chi connectivity index (χ0n) is 17.5. The van der Waals surface area contributed by atoms with E-state index >= 15 is 0 Å². The summed E-state index contributed by atoms with van der Waals surface area (Å²) in [6.45, 7) is 9.90. The van der Waals surface area contributed by atoms with Gasteiger partial charge >= 0.3 is 0 Å². The van der Waals surface area contributed by atoms with Crippen LogP contribution in [0.2, 0.25) is 0 Å². The van der Waals surface area contributed by atoms with Gasteiger partial charge in [-0.25, -0.2) is 9.97 Å². The van der Waals surface area contributed by atoms with Gasteiger partial charge in [0.1, 0.15) is 5.82 Å². The molecule has 2 aromatic rings. The minimum Gasteiger partial charge on any atom is -0.390 e. The summed E-state index contributed by atoms with van der Waals surface area (Å²) < 4.78 is 0. The lowest BCUT2D eigenvalue weighted by molar-refractivity contribution is -0.0308. The van der Waals surface area contributed by atoms with Crippen molar-refractivity contribution < 1.29 is 5.11 Å². The molecule has 2 atom stereocenters. The maximum absolute atomic E-state index is 10.8. The smallest absolute Gasteiger partial charge is 0.125 e. The number of rotatable bonds is 6. The van der Waals surface area contributed by atoms with Gasteiger partial charge in [-0.15, -0.1) is 0 Å². The van der Waals surface area contributed by atoms with Gasteiger partial charge in [0.15, 0.2) is 0 Å². The van der Waals surface area contributed by atoms with Crippen molar-refractivity contribution in [3.8, 4) is 0 Å². The molecule has 29 heavy (non-hydrogen) atoms. The Bertz CT molecular complexity index is 746. The SMILES string of the molecule is Cc1ncc(CN2CC[C@@H](N3CCN(CCc4ccccc4)CC3)[C@H](O)C2)cn1. The largest absolute Gasteiger partial charge is 0.390 e. The van der Waals surface area contributed by atoms with Crippen molar-refractivity contribution in [2.75, 3.05) is 45.8 Å². The normalized spacial score (nSPS) is 24.6. The number of aromatic nitrogens is 2. The molecule has 6 nitrogen and oxygen atoms in total. The van der Waals surface area contributed by atoms with Gasteiger partial charge in [0.25, 0.3) is 0 Å². The van der Waals surface area contributed by atoms with Gasteiger partial charge in [0, 0.05) is 76.4 Å². The topological polar surface area (TPSA) is 55.7 Å². The molecule has 2 aliphatic rings. The van der Waals surface area contributed by atoms with Crippen LogP contribution in [0.4, 0.5) is 0 Å². The first kappa shape index (κ1) is 20.4. The van der Waals surface area contributed by atoms with Crippen LogP contribution in [0.3, 0.4) is 0 Å². The van der Waals surface area contributed by atoms with Crippen LogP contribution in [0.25, 0.3) is 0 Å². The number of piperidine rings is 1. The monoisotopic (exact) mass is 395 g/mol. The Kier molecular flexibility index (Phi) is 6.87. The van der Waals surface area contributed by atoms with E-state index in [-0.39, 0.29) is 12.1 Å². The minimum absolute atomic E-state index is 0.286. The van der Waals surface area contributed by atoms with E-state index in [1.165, 1.54) is 5.56 Å². The Morgan fingerprint density at radius 2 is 1.66 bits per heavy atom. The van der Waals surface area contributed by atoms with Crippen molar-refractivity contribution in [1.29, 1.82) is 0 Å². The number of aryl methyl sites for hydroxylation is 1. The van der Waals surface area contributed by atoms with Gasteiger partial charge in [0.05, 0.1) is 6.10 Å². The van der Waals surface area contributed by atoms with E-state index in [1.807, 2.05) is 19.3 Å². The van der Waals surface area contributed by atoms with E-state index < -0.39 is 0 Å². The summed E-state index contributed by atoms with van der Waals surface area (Å²) in [6.07, 6.45) is 5.65. The number of likely N-dealkylation sites (tertiary alicyclic amines) is 1. The zero-order valence-corrected chi connectivity index (χ0v) is 17.5. The maximum Gasteiger partial charge on any atom is 0.125 e. The molecule has 0 unspecified atom stereocenters. The second-order valence-electron chi connectivity index (χ2n) is 8.41. The fourth-order valence-electron chi connectivity index (χ4n) is 4.56. The highest BCUT2D eigenvalue weighted by molar-refractivity contribution is 5.15. The number of hydrogen-bond donors (Lipinski definition) is 1. The van der Waals surface area contributed by atoms with Crippen molar-refractivity contribution in [1.82, 2.24) is 24.7 Å². The highest BCUT2D eigenvalue weighted by Gasteiger charge is 2.33. The van der Waals surface area contributed by atoms with E-state index in [1.54, 1.807) is 0 Å². The number of aliphatic hydroxyl groups excluding tert-OH is 1. The molecule has 156 valence electrons. The molecule has 4 rings (SSSR count). The van der Waals surface area contributed by atoms with Gasteiger partial charge in [-0.1, -0.05) is 30.3 Å². The molecule has 0 amide bonds. The van der Waals surface area contributed by atoms with Crippen LogP contribution in [0.5, 0.6) is 0 Å². The predicted molar refractivity (Wildman–Crippen MR) is 115 cm³/mol. The summed E-state index contributed by atoms with van der Waals surface area (Å²) in [5.74, 6) is 0.801. The van der Waals surface area contributed by atoms with E-state index in [2.05, 4.69) is 55.0 Å². The molecule has 0 radical (unpaired) electrons. The molecule has 0 aliphatic carbocycles. The number of benzene rings is 1. The van der Waals surface area contributed by atoms with E-state index in [0.717, 1.165) is 76.6 Å². The summed E-state index contributed by atoms with van der Waals surface area (Å²) in [5.41, 5.74) is 2.53. The lowest BCUT2D eigenvalue weighted by Crippen LogP contribution is -2.58. The summed E-state index contributed by atoms with van der Waals surface area (Å²) in [5, 5.41) is 10.8. The van der Waals surface area contributed by atoms with Crippen LogP contribution in [-0.2, 0) is 13.0 Å². The number of piperazine rings is 1. The average molecular weight is 396 g/mol. The number of nitrogens with zero attached hydrogens (tertiary/aromatic N) is 5. The van der Waals surface area contributed by atoms with Crippen molar-refractivity contribution in [3.05, 3.63) is 59.7 Å². The highest BCUT2D eigenvalue weighted by atomic mass is 16.3. The molecule has 2 saturated heterocycles. The molecule has 6 heteroatoms. The maximum atomic E-state index is 10.8. The first-order valence-corrected chi connectivity index (χ1v) is 10.9. The van der Waals surface area contributed by atoms with Crippen LogP contribution in [-0.4, -0.2) is 87.7 Å². The minimum atomic E-state index is -0.286. The molecule has 1 N–H and O–H groups in total. The quantitative estimate of drug-likeness (QED) is 0.802. The summed E-state index contributed by atoms with van der Waals surface area (Å²) in [4.78, 5) is 16.0. The van der Waals surface area contributed by atoms with E-state index in [0.29, 0.717) is 0 Å². The van der Waals surface area contributed by atoms with Crippen LogP contribution >= 0.6 is 0 Å². The van der Waals surface area contributed by atoms with Gasteiger partial charge in [-0.05, 0) is 25.3 Å². The molecule has 0 saturated carbocycles. The zero-order chi connectivity index (χ0) is 20.1. The van der Waals surface area contributed by atoms with Gasteiger partial charge in [0.2, 0.25) is 0 Å². The lowest BCUT2D eigenvalue weighted by Gasteiger charge is -2.45. The van der Waals surface area contributed by atoms with Crippen LogP contribution in [0.1, 0.15) is 23.4 Å². The fraction of sp³-hybridized carbons (Fsp3) is 0.565. The molecule has 3 heterocycles. The number of aliphatic hydroxyl groups is 1. The predicted octanol–water partition coefficient (Wildman–Crippen LogP) is 1.58. The third-order valence-electron chi connectivity index (χ3n) is 6.31. The van der Waals surface area contributed by atoms with Gasteiger partial charge < -0.3 is 10.0 Å². The standard InChI is InChI=1S/C23H33N5O/c1-19-24-15-21(16-25-19)17-27-10-8-22(23(29)18-27)28-13-11-26(12-14-28)9-7-20-5-3-2-4-6-20/h2-6,15-16,22-23,29H,7-14,17-18H2,1H3/t22-,23-/m1/s1. The fourth-order valence-corrected chi connectivity index (χ4v) is 4.56. The molecular formula is C23H33N5O.